The molecular weight excluding hydrogens is 741 g/mol. The van der Waals surface area contributed by atoms with Crippen LogP contribution in [0.3, 0.4) is 0 Å². The smallest absolute Gasteiger partial charge is 0.0889 e. The van der Waals surface area contributed by atoms with Crippen LogP contribution < -0.4 is 31.8 Å². The highest BCUT2D eigenvalue weighted by atomic mass is 32.4. The lowest BCUT2D eigenvalue weighted by molar-refractivity contribution is 0.577. The standard InChI is InChI=1S/C42H42OP4S3/c43-44(31-34-45(48,37-19-7-1-8-20-37)38-21-9-2-10-22-38,32-35-46(49,39-23-11-3-12-24-39)40-25-13-4-14-26-40)33-36-47(50,41-27-15-5-16-28-41)42-29-17-6-18-30-42/h1-30H,31-36H2. The molecule has 0 saturated carbocycles. The van der Waals surface area contributed by atoms with Crippen molar-refractivity contribution in [2.45, 2.75) is 0 Å². The van der Waals surface area contributed by atoms with E-state index in [2.05, 4.69) is 146 Å². The van der Waals surface area contributed by atoms with Gasteiger partial charge in [-0.05, 0) is 50.3 Å². The van der Waals surface area contributed by atoms with E-state index in [-0.39, 0.29) is 0 Å². The zero-order chi connectivity index (χ0) is 34.9. The van der Waals surface area contributed by atoms with Crippen molar-refractivity contribution in [1.82, 2.24) is 0 Å². The summed E-state index contributed by atoms with van der Waals surface area (Å²) in [6.07, 6.45) is 3.83. The summed E-state index contributed by atoms with van der Waals surface area (Å²) in [5.41, 5.74) is 0. The Hall–Kier alpha value is -2.50. The van der Waals surface area contributed by atoms with Crippen molar-refractivity contribution in [2.24, 2.45) is 0 Å². The Morgan fingerprint density at radius 2 is 0.440 bits per heavy atom. The molecule has 6 aromatic rings. The summed E-state index contributed by atoms with van der Waals surface area (Å²) in [6, 6.07) is 56.3. The first-order chi connectivity index (χ1) is 24.3. The maximum atomic E-state index is 15.9. The van der Waals surface area contributed by atoms with Gasteiger partial charge < -0.3 is 4.57 Å². The molecule has 0 saturated heterocycles. The molecule has 8 heteroatoms. The molecule has 0 N–H and O–H groups in total. The summed E-state index contributed by atoms with van der Waals surface area (Å²) in [4.78, 5) is 0. The van der Waals surface area contributed by atoms with Crippen molar-refractivity contribution in [3.05, 3.63) is 182 Å². The molecule has 0 spiro atoms. The SMILES string of the molecule is O=P(CCP(=S)(c1ccccc1)c1ccccc1)(CCP(=S)(c1ccccc1)c1ccccc1)CCP(=S)(c1ccccc1)c1ccccc1. The van der Waals surface area contributed by atoms with Crippen LogP contribution >= 0.6 is 25.3 Å². The van der Waals surface area contributed by atoms with E-state index in [1.54, 1.807) is 0 Å². The van der Waals surface area contributed by atoms with Crippen LogP contribution in [-0.2, 0) is 40.0 Å². The summed E-state index contributed by atoms with van der Waals surface area (Å²) in [6.45, 7) is 0. The lowest BCUT2D eigenvalue weighted by Gasteiger charge is -2.31. The Labute approximate surface area is 314 Å². The zero-order valence-corrected chi connectivity index (χ0v) is 34.0. The van der Waals surface area contributed by atoms with Crippen LogP contribution in [0.5, 0.6) is 0 Å². The van der Waals surface area contributed by atoms with Crippen molar-refractivity contribution in [3.63, 3.8) is 0 Å². The molecule has 0 fully saturated rings. The first-order valence-electron chi connectivity index (χ1n) is 16.9. The summed E-state index contributed by atoms with van der Waals surface area (Å²) in [7, 11) is -2.85. The molecule has 0 atom stereocenters. The van der Waals surface area contributed by atoms with Gasteiger partial charge in [0.15, 0.2) is 0 Å². The van der Waals surface area contributed by atoms with Gasteiger partial charge in [0.2, 0.25) is 0 Å². The second kappa shape index (κ2) is 16.9. The molecule has 0 bridgehead atoms. The van der Waals surface area contributed by atoms with Crippen molar-refractivity contribution in [1.29, 1.82) is 0 Å². The quantitative estimate of drug-likeness (QED) is 0.0970. The molecule has 6 rings (SSSR count). The van der Waals surface area contributed by atoms with Gasteiger partial charge in [0.05, 0.1) is 7.14 Å². The van der Waals surface area contributed by atoms with E-state index in [4.69, 9.17) is 35.4 Å². The van der Waals surface area contributed by atoms with E-state index in [1.807, 2.05) is 36.4 Å². The molecule has 0 radical (unpaired) electrons. The van der Waals surface area contributed by atoms with Gasteiger partial charge in [0.1, 0.15) is 0 Å². The van der Waals surface area contributed by atoms with Gasteiger partial charge in [0.25, 0.3) is 0 Å². The Morgan fingerprint density at radius 3 is 0.600 bits per heavy atom. The number of benzene rings is 6. The van der Waals surface area contributed by atoms with E-state index in [9.17, 15) is 0 Å². The van der Waals surface area contributed by atoms with Gasteiger partial charge in [-0.1, -0.05) is 217 Å². The van der Waals surface area contributed by atoms with Crippen LogP contribution in [0.2, 0.25) is 0 Å². The summed E-state index contributed by atoms with van der Waals surface area (Å²) in [5.74, 6) is 0. The molecule has 6 aromatic carbocycles. The maximum absolute atomic E-state index is 15.9. The average Bonchev–Trinajstić information content (AvgIpc) is 3.20. The van der Waals surface area contributed by atoms with E-state index in [0.717, 1.165) is 0 Å². The van der Waals surface area contributed by atoms with Gasteiger partial charge in [-0.3, -0.25) is 0 Å². The third kappa shape index (κ3) is 8.58. The highest BCUT2D eigenvalue weighted by Gasteiger charge is 2.34. The first-order valence-corrected chi connectivity index (χ1v) is 28.2. The van der Waals surface area contributed by atoms with E-state index >= 15 is 4.57 Å². The number of hydrogen-bond donors (Lipinski definition) is 0. The lowest BCUT2D eigenvalue weighted by Crippen LogP contribution is -2.24. The van der Waals surface area contributed by atoms with Crippen molar-refractivity contribution >= 4 is 92.5 Å². The monoisotopic (exact) mass is 782 g/mol. The van der Waals surface area contributed by atoms with Gasteiger partial charge >= 0.3 is 0 Å². The van der Waals surface area contributed by atoms with Crippen molar-refractivity contribution < 1.29 is 4.57 Å². The molecule has 0 aliphatic rings. The van der Waals surface area contributed by atoms with Gasteiger partial charge in [0, 0.05) is 36.6 Å². The molecule has 0 aliphatic heterocycles. The molecule has 1 nitrogen and oxygen atoms in total. The summed E-state index contributed by atoms with van der Waals surface area (Å²) in [5, 5.41) is 7.03. The fraction of sp³-hybridized carbons (Fsp3) is 0.143. The minimum absolute atomic E-state index is 0.575. The first kappa shape index (κ1) is 37.3. The highest BCUT2D eigenvalue weighted by Crippen LogP contribution is 2.58. The van der Waals surface area contributed by atoms with E-state index in [0.29, 0.717) is 37.0 Å². The minimum atomic E-state index is -2.85. The molecule has 0 heterocycles. The topological polar surface area (TPSA) is 17.1 Å². The van der Waals surface area contributed by atoms with Crippen LogP contribution in [0.15, 0.2) is 182 Å². The molecule has 254 valence electrons. The Morgan fingerprint density at radius 1 is 0.280 bits per heavy atom. The van der Waals surface area contributed by atoms with Crippen molar-refractivity contribution in [2.75, 3.05) is 37.0 Å². The Kier molecular flexibility index (Phi) is 12.6. The second-order valence-corrected chi connectivity index (χ2v) is 30.6. The Bertz CT molecular complexity index is 1780. The molecule has 50 heavy (non-hydrogen) atoms. The third-order valence-electron chi connectivity index (χ3n) is 9.51. The summed E-state index contributed by atoms with van der Waals surface area (Å²) >= 11 is 20.1. The van der Waals surface area contributed by atoms with Crippen LogP contribution in [0.25, 0.3) is 0 Å². The number of rotatable bonds is 15. The maximum Gasteiger partial charge on any atom is 0.0889 e. The third-order valence-corrected chi connectivity index (χ3v) is 28.5. The molecule has 0 aromatic heterocycles. The lowest BCUT2D eigenvalue weighted by atomic mass is 10.4. The highest BCUT2D eigenvalue weighted by molar-refractivity contribution is 8.23. The Balaban J connectivity index is 1.39. The van der Waals surface area contributed by atoms with Gasteiger partial charge in [-0.25, -0.2) is 0 Å². The van der Waals surface area contributed by atoms with Crippen molar-refractivity contribution in [3.8, 4) is 0 Å². The molecule has 0 unspecified atom stereocenters. The van der Waals surface area contributed by atoms with E-state index in [1.165, 1.54) is 31.8 Å². The van der Waals surface area contributed by atoms with Gasteiger partial charge in [-0.2, -0.15) is 0 Å². The average molecular weight is 783 g/mol. The second-order valence-electron chi connectivity index (χ2n) is 12.6. The molecule has 0 amide bonds. The molecular formula is C42H42OP4S3. The van der Waals surface area contributed by atoms with Crippen LogP contribution in [0.1, 0.15) is 0 Å². The minimum Gasteiger partial charge on any atom is -0.324 e. The zero-order valence-electron chi connectivity index (χ0n) is 28.0. The predicted molar refractivity (Wildman–Crippen MR) is 236 cm³/mol. The van der Waals surface area contributed by atoms with Gasteiger partial charge in [-0.15, -0.1) is 0 Å². The molecule has 0 aliphatic carbocycles. The predicted octanol–water partition coefficient (Wildman–Crippen LogP) is 8.74. The van der Waals surface area contributed by atoms with Crippen LogP contribution in [0.4, 0.5) is 0 Å². The van der Waals surface area contributed by atoms with Crippen LogP contribution in [-0.4, -0.2) is 37.0 Å². The van der Waals surface area contributed by atoms with E-state index < -0.39 is 25.3 Å². The summed E-state index contributed by atoms with van der Waals surface area (Å²) < 4.78 is 15.9. The van der Waals surface area contributed by atoms with Crippen LogP contribution in [0, 0.1) is 0 Å². The fourth-order valence-electron chi connectivity index (χ4n) is 6.54. The number of hydrogen-bond acceptors (Lipinski definition) is 4. The largest absolute Gasteiger partial charge is 0.324 e. The normalized spacial score (nSPS) is 12.4. The fourth-order valence-corrected chi connectivity index (χ4v) is 25.7.